The summed E-state index contributed by atoms with van der Waals surface area (Å²) in [6.07, 6.45) is 3.23. The molecule has 0 bridgehead atoms. The predicted octanol–water partition coefficient (Wildman–Crippen LogP) is 0.981. The summed E-state index contributed by atoms with van der Waals surface area (Å²) in [5.41, 5.74) is 1.72. The maximum atomic E-state index is 11.7. The van der Waals surface area contributed by atoms with E-state index in [0.717, 1.165) is 11.4 Å². The molecule has 72 valence electrons. The Morgan fingerprint density at radius 1 is 1.07 bits per heavy atom. The van der Waals surface area contributed by atoms with Crippen LogP contribution in [0.25, 0.3) is 0 Å². The van der Waals surface area contributed by atoms with Crippen molar-refractivity contribution in [2.24, 2.45) is 0 Å². The normalized spacial score (nSPS) is 10.4. The Morgan fingerprint density at radius 2 is 1.50 bits per heavy atom. The number of rotatable bonds is 2. The zero-order valence-corrected chi connectivity index (χ0v) is 7.96. The van der Waals surface area contributed by atoms with E-state index in [2.05, 4.69) is 19.9 Å². The molecule has 0 aliphatic heterocycles. The van der Waals surface area contributed by atoms with Gasteiger partial charge in [0.25, 0.3) is 5.78 Å². The molecule has 2 aromatic rings. The van der Waals surface area contributed by atoms with Crippen LogP contribution in [0.5, 0.6) is 0 Å². The molecule has 2 N–H and O–H groups in total. The molecular formula is C9H10N4O. The van der Waals surface area contributed by atoms with Gasteiger partial charge in [-0.25, -0.2) is 9.97 Å². The fourth-order valence-electron chi connectivity index (χ4n) is 1.17. The van der Waals surface area contributed by atoms with E-state index in [9.17, 15) is 4.79 Å². The second-order valence-electron chi connectivity index (χ2n) is 3.16. The minimum atomic E-state index is -0.216. The number of H-pyrrole nitrogens is 2. The average Bonchev–Trinajstić information content (AvgIpc) is 2.73. The van der Waals surface area contributed by atoms with Crippen molar-refractivity contribution in [2.45, 2.75) is 13.8 Å². The van der Waals surface area contributed by atoms with Crippen LogP contribution in [-0.2, 0) is 0 Å². The van der Waals surface area contributed by atoms with E-state index in [1.165, 1.54) is 0 Å². The van der Waals surface area contributed by atoms with Gasteiger partial charge in [0.05, 0.1) is 0 Å². The predicted molar refractivity (Wildman–Crippen MR) is 50.1 cm³/mol. The first kappa shape index (κ1) is 8.68. The van der Waals surface area contributed by atoms with Gasteiger partial charge in [-0.1, -0.05) is 0 Å². The van der Waals surface area contributed by atoms with Crippen LogP contribution in [0, 0.1) is 13.8 Å². The van der Waals surface area contributed by atoms with Gasteiger partial charge >= 0.3 is 0 Å². The van der Waals surface area contributed by atoms with Crippen molar-refractivity contribution >= 4 is 5.78 Å². The third-order valence-corrected chi connectivity index (χ3v) is 1.84. The van der Waals surface area contributed by atoms with E-state index in [1.807, 2.05) is 13.8 Å². The third kappa shape index (κ3) is 1.44. The molecular weight excluding hydrogens is 180 g/mol. The van der Waals surface area contributed by atoms with E-state index < -0.39 is 0 Å². The van der Waals surface area contributed by atoms with Crippen LogP contribution >= 0.6 is 0 Å². The quantitative estimate of drug-likeness (QED) is 0.693. The number of imidazole rings is 2. The average molecular weight is 190 g/mol. The summed E-state index contributed by atoms with van der Waals surface area (Å²) >= 11 is 0. The van der Waals surface area contributed by atoms with Gasteiger partial charge < -0.3 is 9.97 Å². The lowest BCUT2D eigenvalue weighted by Gasteiger charge is -1.90. The Morgan fingerprint density at radius 3 is 1.79 bits per heavy atom. The number of nitrogens with one attached hydrogen (secondary N) is 2. The molecule has 14 heavy (non-hydrogen) atoms. The molecule has 0 aromatic carbocycles. The van der Waals surface area contributed by atoms with Crippen molar-refractivity contribution in [1.82, 2.24) is 19.9 Å². The highest BCUT2D eigenvalue weighted by Crippen LogP contribution is 2.03. The fraction of sp³-hybridized carbons (Fsp3) is 0.222. The molecule has 0 saturated heterocycles. The van der Waals surface area contributed by atoms with Crippen molar-refractivity contribution in [2.75, 3.05) is 0 Å². The summed E-state index contributed by atoms with van der Waals surface area (Å²) in [6.45, 7) is 3.69. The summed E-state index contributed by atoms with van der Waals surface area (Å²) < 4.78 is 0. The van der Waals surface area contributed by atoms with Gasteiger partial charge in [0.15, 0.2) is 11.6 Å². The van der Waals surface area contributed by atoms with Crippen LogP contribution in [0.3, 0.4) is 0 Å². The number of aromatic amines is 2. The van der Waals surface area contributed by atoms with Crippen molar-refractivity contribution in [3.63, 3.8) is 0 Å². The molecule has 0 fully saturated rings. The van der Waals surface area contributed by atoms with Crippen LogP contribution < -0.4 is 0 Å². The fourth-order valence-corrected chi connectivity index (χ4v) is 1.17. The van der Waals surface area contributed by atoms with E-state index >= 15 is 0 Å². The maximum absolute atomic E-state index is 11.7. The Balaban J connectivity index is 2.33. The summed E-state index contributed by atoms with van der Waals surface area (Å²) in [4.78, 5) is 25.3. The number of carbonyl (C=O) groups excluding carboxylic acids is 1. The minimum Gasteiger partial charge on any atom is -0.339 e. The van der Waals surface area contributed by atoms with Crippen LogP contribution in [0.1, 0.15) is 27.8 Å². The Hall–Kier alpha value is -1.91. The number of hydrogen-bond donors (Lipinski definition) is 2. The molecule has 0 spiro atoms. The topological polar surface area (TPSA) is 74.4 Å². The molecule has 0 unspecified atom stereocenters. The smallest absolute Gasteiger partial charge is 0.263 e. The van der Waals surface area contributed by atoms with Crippen LogP contribution in [-0.4, -0.2) is 25.7 Å². The number of aryl methyl sites for hydroxylation is 2. The first-order chi connectivity index (χ1) is 6.66. The van der Waals surface area contributed by atoms with Crippen molar-refractivity contribution < 1.29 is 4.79 Å². The summed E-state index contributed by atoms with van der Waals surface area (Å²) in [6, 6.07) is 0. The molecule has 2 heterocycles. The third-order valence-electron chi connectivity index (χ3n) is 1.84. The Bertz CT molecular complexity index is 426. The lowest BCUT2D eigenvalue weighted by Crippen LogP contribution is -2.05. The molecule has 0 amide bonds. The molecule has 5 heteroatoms. The van der Waals surface area contributed by atoms with Crippen LogP contribution in [0.4, 0.5) is 0 Å². The number of nitrogens with zero attached hydrogens (tertiary/aromatic N) is 2. The molecule has 0 aliphatic rings. The monoisotopic (exact) mass is 190 g/mol. The molecule has 0 aliphatic carbocycles. The second-order valence-corrected chi connectivity index (χ2v) is 3.16. The largest absolute Gasteiger partial charge is 0.339 e. The Labute approximate surface area is 80.6 Å². The number of ketones is 1. The summed E-state index contributed by atoms with van der Waals surface area (Å²) in [5.74, 6) is 0.417. The maximum Gasteiger partial charge on any atom is 0.263 e. The lowest BCUT2D eigenvalue weighted by molar-refractivity contribution is 0.102. The zero-order valence-electron chi connectivity index (χ0n) is 7.96. The van der Waals surface area contributed by atoms with Gasteiger partial charge in [0, 0.05) is 23.8 Å². The first-order valence-electron chi connectivity index (χ1n) is 4.25. The number of aromatic nitrogens is 4. The Kier molecular flexibility index (Phi) is 1.92. The standard InChI is InChI=1S/C9H10N4O/c1-5-3-10-8(12-5)7(14)9-11-4-6(2)13-9/h3-4H,1-2H3,(H,10,12)(H,11,13). The molecule has 0 saturated carbocycles. The highest BCUT2D eigenvalue weighted by atomic mass is 16.1. The van der Waals surface area contributed by atoms with Gasteiger partial charge in [-0.2, -0.15) is 0 Å². The van der Waals surface area contributed by atoms with Crippen LogP contribution in [0.15, 0.2) is 12.4 Å². The van der Waals surface area contributed by atoms with E-state index in [-0.39, 0.29) is 5.78 Å². The van der Waals surface area contributed by atoms with Crippen molar-refractivity contribution in [3.8, 4) is 0 Å². The lowest BCUT2D eigenvalue weighted by atomic mass is 10.3. The van der Waals surface area contributed by atoms with Crippen molar-refractivity contribution in [3.05, 3.63) is 35.4 Å². The highest BCUT2D eigenvalue weighted by Gasteiger charge is 2.14. The molecule has 2 rings (SSSR count). The number of carbonyl (C=O) groups is 1. The van der Waals surface area contributed by atoms with Gasteiger partial charge in [-0.05, 0) is 13.8 Å². The van der Waals surface area contributed by atoms with Crippen LogP contribution in [0.2, 0.25) is 0 Å². The van der Waals surface area contributed by atoms with Gasteiger partial charge in [0.2, 0.25) is 0 Å². The number of hydrogen-bond acceptors (Lipinski definition) is 3. The molecule has 0 atom stereocenters. The van der Waals surface area contributed by atoms with Gasteiger partial charge in [-0.3, -0.25) is 4.79 Å². The molecule has 0 radical (unpaired) electrons. The van der Waals surface area contributed by atoms with E-state index in [0.29, 0.717) is 11.6 Å². The first-order valence-corrected chi connectivity index (χ1v) is 4.25. The van der Waals surface area contributed by atoms with E-state index in [1.54, 1.807) is 12.4 Å². The zero-order chi connectivity index (χ0) is 10.1. The highest BCUT2D eigenvalue weighted by molar-refractivity contribution is 6.03. The molecule has 2 aromatic heterocycles. The summed E-state index contributed by atoms with van der Waals surface area (Å²) in [7, 11) is 0. The summed E-state index contributed by atoms with van der Waals surface area (Å²) in [5, 5.41) is 0. The molecule has 5 nitrogen and oxygen atoms in total. The van der Waals surface area contributed by atoms with Gasteiger partial charge in [-0.15, -0.1) is 0 Å². The SMILES string of the molecule is Cc1cnc(C(=O)c2ncc(C)[nH]2)[nH]1. The van der Waals surface area contributed by atoms with Crippen molar-refractivity contribution in [1.29, 1.82) is 0 Å². The van der Waals surface area contributed by atoms with E-state index in [4.69, 9.17) is 0 Å². The second kappa shape index (κ2) is 3.10. The minimum absolute atomic E-state index is 0.216. The van der Waals surface area contributed by atoms with Gasteiger partial charge in [0.1, 0.15) is 0 Å².